The molecule has 0 radical (unpaired) electrons. The van der Waals surface area contributed by atoms with Crippen molar-refractivity contribution in [2.75, 3.05) is 0 Å². The Balaban J connectivity index is 0.00000220. The molecule has 0 aliphatic rings. The van der Waals surface area contributed by atoms with Crippen molar-refractivity contribution >= 4 is 29.3 Å². The average Bonchev–Trinajstić information content (AvgIpc) is 2.96. The number of thioether (sulfide) groups is 1. The van der Waals surface area contributed by atoms with Crippen LogP contribution in [0.4, 0.5) is 0 Å². The molecule has 0 saturated heterocycles. The lowest BCUT2D eigenvalue weighted by atomic mass is 10.0. The van der Waals surface area contributed by atoms with E-state index in [1.54, 1.807) is 18.0 Å². The Morgan fingerprint density at radius 2 is 1.95 bits per heavy atom. The number of rotatable bonds is 5. The molecule has 2 N–H and O–H groups in total. The molecule has 0 atom stereocenters. The minimum Gasteiger partial charge on any atom is -0.467 e. The molecule has 114 valence electrons. The normalized spacial score (nSPS) is 11.5. The fourth-order valence-corrected chi connectivity index (χ4v) is 2.42. The van der Waals surface area contributed by atoms with Crippen LogP contribution in [0.2, 0.25) is 0 Å². The van der Waals surface area contributed by atoms with Gasteiger partial charge in [-0.2, -0.15) is 0 Å². The van der Waals surface area contributed by atoms with Crippen LogP contribution in [0.5, 0.6) is 0 Å². The van der Waals surface area contributed by atoms with Gasteiger partial charge in [-0.15, -0.1) is 12.4 Å². The Morgan fingerprint density at radius 1 is 1.24 bits per heavy atom. The Bertz CT molecular complexity index is 550. The third-order valence-electron chi connectivity index (χ3n) is 3.00. The van der Waals surface area contributed by atoms with Gasteiger partial charge in [-0.25, -0.2) is 0 Å². The number of hydrogen-bond donors (Lipinski definition) is 1. The number of amidine groups is 1. The second-order valence-electron chi connectivity index (χ2n) is 4.92. The fraction of sp³-hybridized carbons (Fsp3) is 0.312. The van der Waals surface area contributed by atoms with Crippen molar-refractivity contribution in [1.29, 1.82) is 0 Å². The predicted octanol–water partition coefficient (Wildman–Crippen LogP) is 4.57. The molecule has 0 aliphatic heterocycles. The van der Waals surface area contributed by atoms with Crippen LogP contribution in [0.1, 0.15) is 36.7 Å². The van der Waals surface area contributed by atoms with E-state index in [1.807, 2.05) is 12.1 Å². The molecule has 0 aliphatic carbocycles. The molecule has 1 aromatic heterocycles. The largest absolute Gasteiger partial charge is 0.467 e. The standard InChI is InChI=1S/C16H20N2OS.ClH/c1-12(2)14-7-5-13(6-8-14)11-20-16(17)18-10-15-4-3-9-19-15;/h3-9,12H,10-11H2,1-2H3,(H2,17,18);1H. The number of nitrogens with zero attached hydrogens (tertiary/aromatic N) is 1. The van der Waals surface area contributed by atoms with Gasteiger partial charge in [-0.05, 0) is 29.2 Å². The van der Waals surface area contributed by atoms with Gasteiger partial charge in [0.1, 0.15) is 5.76 Å². The molecule has 0 amide bonds. The molecule has 21 heavy (non-hydrogen) atoms. The van der Waals surface area contributed by atoms with Gasteiger partial charge < -0.3 is 10.2 Å². The first kappa shape index (κ1) is 17.7. The first-order valence-corrected chi connectivity index (χ1v) is 7.67. The minimum atomic E-state index is 0. The highest BCUT2D eigenvalue weighted by molar-refractivity contribution is 8.13. The van der Waals surface area contributed by atoms with Crippen LogP contribution < -0.4 is 5.73 Å². The molecule has 0 fully saturated rings. The van der Waals surface area contributed by atoms with Crippen molar-refractivity contribution in [3.8, 4) is 0 Å². The summed E-state index contributed by atoms with van der Waals surface area (Å²) in [6.07, 6.45) is 1.64. The highest BCUT2D eigenvalue weighted by atomic mass is 35.5. The van der Waals surface area contributed by atoms with Gasteiger partial charge in [0.15, 0.2) is 5.17 Å². The lowest BCUT2D eigenvalue weighted by Crippen LogP contribution is -2.07. The van der Waals surface area contributed by atoms with Gasteiger partial charge in [-0.3, -0.25) is 4.99 Å². The molecule has 2 aromatic rings. The first-order valence-electron chi connectivity index (χ1n) is 6.69. The zero-order chi connectivity index (χ0) is 14.4. The number of hydrogen-bond acceptors (Lipinski definition) is 3. The molecule has 0 spiro atoms. The molecular weight excluding hydrogens is 304 g/mol. The number of nitrogens with two attached hydrogens (primary N) is 1. The van der Waals surface area contributed by atoms with Crippen LogP contribution in [0.25, 0.3) is 0 Å². The van der Waals surface area contributed by atoms with Crippen LogP contribution in [-0.2, 0) is 12.3 Å². The highest BCUT2D eigenvalue weighted by Gasteiger charge is 2.01. The molecule has 0 bridgehead atoms. The maximum atomic E-state index is 5.89. The van der Waals surface area contributed by atoms with Crippen LogP contribution in [-0.4, -0.2) is 5.17 Å². The summed E-state index contributed by atoms with van der Waals surface area (Å²) in [5.41, 5.74) is 8.51. The lowest BCUT2D eigenvalue weighted by molar-refractivity contribution is 0.513. The van der Waals surface area contributed by atoms with E-state index in [0.717, 1.165) is 11.5 Å². The highest BCUT2D eigenvalue weighted by Crippen LogP contribution is 2.18. The molecule has 0 unspecified atom stereocenters. The van der Waals surface area contributed by atoms with E-state index in [4.69, 9.17) is 10.2 Å². The smallest absolute Gasteiger partial charge is 0.154 e. The Morgan fingerprint density at radius 3 is 2.52 bits per heavy atom. The van der Waals surface area contributed by atoms with Gasteiger partial charge >= 0.3 is 0 Å². The summed E-state index contributed by atoms with van der Waals surface area (Å²) in [4.78, 5) is 4.29. The summed E-state index contributed by atoms with van der Waals surface area (Å²) >= 11 is 1.55. The summed E-state index contributed by atoms with van der Waals surface area (Å²) < 4.78 is 5.21. The van der Waals surface area contributed by atoms with Gasteiger partial charge in [-0.1, -0.05) is 49.9 Å². The summed E-state index contributed by atoms with van der Waals surface area (Å²) in [6.45, 7) is 4.89. The van der Waals surface area contributed by atoms with Crippen LogP contribution in [0, 0.1) is 0 Å². The van der Waals surface area contributed by atoms with E-state index in [-0.39, 0.29) is 12.4 Å². The molecule has 1 heterocycles. The van der Waals surface area contributed by atoms with E-state index in [9.17, 15) is 0 Å². The second kappa shape index (κ2) is 8.80. The van der Waals surface area contributed by atoms with E-state index < -0.39 is 0 Å². The topological polar surface area (TPSA) is 51.5 Å². The van der Waals surface area contributed by atoms with Crippen molar-refractivity contribution in [1.82, 2.24) is 0 Å². The fourth-order valence-electron chi connectivity index (χ4n) is 1.76. The molecular formula is C16H21ClN2OS. The zero-order valence-corrected chi connectivity index (χ0v) is 13.9. The van der Waals surface area contributed by atoms with E-state index in [1.165, 1.54) is 11.1 Å². The van der Waals surface area contributed by atoms with E-state index >= 15 is 0 Å². The monoisotopic (exact) mass is 324 g/mol. The Labute approximate surface area is 136 Å². The van der Waals surface area contributed by atoms with Gasteiger partial charge in [0.25, 0.3) is 0 Å². The minimum absolute atomic E-state index is 0. The molecule has 1 aromatic carbocycles. The van der Waals surface area contributed by atoms with Gasteiger partial charge in [0, 0.05) is 5.75 Å². The summed E-state index contributed by atoms with van der Waals surface area (Å²) in [6, 6.07) is 12.4. The summed E-state index contributed by atoms with van der Waals surface area (Å²) in [7, 11) is 0. The first-order chi connectivity index (χ1) is 9.65. The van der Waals surface area contributed by atoms with Crippen molar-refractivity contribution in [3.63, 3.8) is 0 Å². The van der Waals surface area contributed by atoms with Crippen molar-refractivity contribution in [3.05, 3.63) is 59.5 Å². The number of benzene rings is 1. The third-order valence-corrected chi connectivity index (χ3v) is 3.91. The SMILES string of the molecule is CC(C)c1ccc(CSC(N)=NCc2ccco2)cc1.Cl. The van der Waals surface area contributed by atoms with Crippen molar-refractivity contribution < 1.29 is 4.42 Å². The molecule has 0 saturated carbocycles. The second-order valence-corrected chi connectivity index (χ2v) is 5.91. The number of furan rings is 1. The molecule has 2 rings (SSSR count). The number of aliphatic imine (C=N–C) groups is 1. The third kappa shape index (κ3) is 5.86. The molecule has 3 nitrogen and oxygen atoms in total. The molecule has 5 heteroatoms. The quantitative estimate of drug-likeness (QED) is 0.647. The average molecular weight is 325 g/mol. The van der Waals surface area contributed by atoms with Crippen LogP contribution in [0.3, 0.4) is 0 Å². The number of halogens is 1. The van der Waals surface area contributed by atoms with Crippen molar-refractivity contribution in [2.24, 2.45) is 10.7 Å². The summed E-state index contributed by atoms with van der Waals surface area (Å²) in [5, 5.41) is 0.592. The zero-order valence-electron chi connectivity index (χ0n) is 12.3. The summed E-state index contributed by atoms with van der Waals surface area (Å²) in [5.74, 6) is 2.23. The van der Waals surface area contributed by atoms with Crippen LogP contribution >= 0.6 is 24.2 Å². The van der Waals surface area contributed by atoms with E-state index in [2.05, 4.69) is 43.1 Å². The lowest BCUT2D eigenvalue weighted by Gasteiger charge is -2.06. The maximum absolute atomic E-state index is 5.89. The van der Waals surface area contributed by atoms with Gasteiger partial charge in [0.05, 0.1) is 12.8 Å². The Hall–Kier alpha value is -1.39. The predicted molar refractivity (Wildman–Crippen MR) is 93.1 cm³/mol. The Kier molecular flexibility index (Phi) is 7.40. The van der Waals surface area contributed by atoms with Gasteiger partial charge in [0.2, 0.25) is 0 Å². The van der Waals surface area contributed by atoms with Crippen LogP contribution in [0.15, 0.2) is 52.1 Å². The van der Waals surface area contributed by atoms with Crippen molar-refractivity contribution in [2.45, 2.75) is 32.1 Å². The van der Waals surface area contributed by atoms with E-state index in [0.29, 0.717) is 17.6 Å². The maximum Gasteiger partial charge on any atom is 0.154 e.